The molecule has 110 valence electrons. The van der Waals surface area contributed by atoms with E-state index in [1.54, 1.807) is 14.2 Å². The van der Waals surface area contributed by atoms with Crippen molar-refractivity contribution in [3.8, 4) is 0 Å². The van der Waals surface area contributed by atoms with Gasteiger partial charge in [-0.2, -0.15) is 0 Å². The average Bonchev–Trinajstić information content (AvgIpc) is 2.37. The van der Waals surface area contributed by atoms with Gasteiger partial charge in [-0.3, -0.25) is 0 Å². The first kappa shape index (κ1) is 16.3. The second-order valence-corrected chi connectivity index (χ2v) is 4.78. The van der Waals surface area contributed by atoms with Crippen molar-refractivity contribution < 1.29 is 19.4 Å². The Morgan fingerprint density at radius 3 is 2.70 bits per heavy atom. The van der Waals surface area contributed by atoms with E-state index in [9.17, 15) is 9.59 Å². The summed E-state index contributed by atoms with van der Waals surface area (Å²) in [5.41, 5.74) is 0.141. The molecule has 20 heavy (non-hydrogen) atoms. The normalized spacial score (nSPS) is 11.8. The molecule has 0 bridgehead atoms. The number of amides is 2. The van der Waals surface area contributed by atoms with E-state index in [2.05, 4.69) is 5.32 Å². The van der Waals surface area contributed by atoms with E-state index in [-0.39, 0.29) is 17.3 Å². The smallest absolute Gasteiger partial charge is 0.337 e. The number of carbonyl (C=O) groups excluding carboxylic acids is 1. The quantitative estimate of drug-likeness (QED) is 0.876. The summed E-state index contributed by atoms with van der Waals surface area (Å²) in [6, 6.07) is 3.63. The van der Waals surface area contributed by atoms with Gasteiger partial charge in [0.2, 0.25) is 0 Å². The second kappa shape index (κ2) is 7.12. The molecule has 0 aliphatic heterocycles. The van der Waals surface area contributed by atoms with Gasteiger partial charge in [0, 0.05) is 19.2 Å². The van der Waals surface area contributed by atoms with Crippen molar-refractivity contribution in [3.05, 3.63) is 28.8 Å². The number of nitrogens with zero attached hydrogens (tertiary/aromatic N) is 1. The molecule has 1 rings (SSSR count). The standard InChI is InChI=1S/C13H17ClN2O4/c1-8(7-20-3)16(2)13(19)15-11-6-9(14)4-5-10(11)12(17)18/h4-6,8H,7H2,1-3H3,(H,15,19)(H,17,18). The minimum atomic E-state index is -1.13. The summed E-state index contributed by atoms with van der Waals surface area (Å²) in [6.45, 7) is 2.20. The lowest BCUT2D eigenvalue weighted by Crippen LogP contribution is -2.40. The first-order chi connectivity index (χ1) is 9.36. The Morgan fingerprint density at radius 2 is 2.15 bits per heavy atom. The number of benzene rings is 1. The molecule has 0 fully saturated rings. The van der Waals surface area contributed by atoms with Crippen LogP contribution in [0.3, 0.4) is 0 Å². The van der Waals surface area contributed by atoms with Gasteiger partial charge in [-0.05, 0) is 25.1 Å². The van der Waals surface area contributed by atoms with Crippen LogP contribution in [-0.4, -0.2) is 48.8 Å². The summed E-state index contributed by atoms with van der Waals surface area (Å²) < 4.78 is 4.97. The third-order valence-electron chi connectivity index (χ3n) is 2.84. The van der Waals surface area contributed by atoms with E-state index in [4.69, 9.17) is 21.4 Å². The summed E-state index contributed by atoms with van der Waals surface area (Å²) in [5, 5.41) is 12.0. The van der Waals surface area contributed by atoms with Gasteiger partial charge in [0.25, 0.3) is 0 Å². The molecular formula is C13H17ClN2O4. The molecule has 2 amide bonds. The minimum absolute atomic E-state index is 0.0180. The minimum Gasteiger partial charge on any atom is -0.478 e. The molecule has 0 saturated carbocycles. The number of methoxy groups -OCH3 is 1. The maximum absolute atomic E-state index is 12.0. The molecule has 1 aromatic carbocycles. The molecule has 0 spiro atoms. The zero-order valence-electron chi connectivity index (χ0n) is 11.5. The summed E-state index contributed by atoms with van der Waals surface area (Å²) in [6.07, 6.45) is 0. The van der Waals surface area contributed by atoms with Gasteiger partial charge < -0.3 is 20.1 Å². The third kappa shape index (κ3) is 4.11. The van der Waals surface area contributed by atoms with Crippen molar-refractivity contribution in [2.75, 3.05) is 26.1 Å². The summed E-state index contributed by atoms with van der Waals surface area (Å²) in [4.78, 5) is 24.6. The van der Waals surface area contributed by atoms with Crippen LogP contribution in [0.1, 0.15) is 17.3 Å². The topological polar surface area (TPSA) is 78.9 Å². The van der Waals surface area contributed by atoms with Crippen LogP contribution in [0.2, 0.25) is 5.02 Å². The Labute approximate surface area is 122 Å². The molecule has 2 N–H and O–H groups in total. The number of halogens is 1. The maximum Gasteiger partial charge on any atom is 0.337 e. The molecule has 0 aromatic heterocycles. The van der Waals surface area contributed by atoms with Crippen LogP contribution >= 0.6 is 11.6 Å². The number of rotatable bonds is 5. The molecule has 0 aliphatic rings. The van der Waals surface area contributed by atoms with E-state index in [0.29, 0.717) is 11.6 Å². The van der Waals surface area contributed by atoms with Gasteiger partial charge in [-0.15, -0.1) is 0 Å². The second-order valence-electron chi connectivity index (χ2n) is 4.34. The first-order valence-electron chi connectivity index (χ1n) is 5.92. The van der Waals surface area contributed by atoms with Gasteiger partial charge in [-0.25, -0.2) is 9.59 Å². The maximum atomic E-state index is 12.0. The number of likely N-dealkylation sites (N-methyl/N-ethyl adjacent to an activating group) is 1. The Morgan fingerprint density at radius 1 is 1.50 bits per heavy atom. The van der Waals surface area contributed by atoms with Crippen LogP contribution in [0, 0.1) is 0 Å². The van der Waals surface area contributed by atoms with Gasteiger partial charge in [-0.1, -0.05) is 11.6 Å². The zero-order chi connectivity index (χ0) is 15.3. The van der Waals surface area contributed by atoms with Crippen molar-refractivity contribution in [1.29, 1.82) is 0 Å². The van der Waals surface area contributed by atoms with Crippen molar-refractivity contribution in [2.24, 2.45) is 0 Å². The number of carbonyl (C=O) groups is 2. The molecule has 1 atom stereocenters. The summed E-state index contributed by atoms with van der Waals surface area (Å²) in [5.74, 6) is -1.13. The van der Waals surface area contributed by atoms with Crippen molar-refractivity contribution in [3.63, 3.8) is 0 Å². The highest BCUT2D eigenvalue weighted by Crippen LogP contribution is 2.21. The zero-order valence-corrected chi connectivity index (χ0v) is 12.3. The number of hydrogen-bond acceptors (Lipinski definition) is 3. The summed E-state index contributed by atoms with van der Waals surface area (Å²) >= 11 is 5.82. The van der Waals surface area contributed by atoms with Crippen LogP contribution in [0.15, 0.2) is 18.2 Å². The van der Waals surface area contributed by atoms with Crippen LogP contribution in [0.25, 0.3) is 0 Å². The Hall–Kier alpha value is -1.79. The summed E-state index contributed by atoms with van der Waals surface area (Å²) in [7, 11) is 3.14. The monoisotopic (exact) mass is 300 g/mol. The molecule has 0 aliphatic carbocycles. The van der Waals surface area contributed by atoms with Crippen LogP contribution in [-0.2, 0) is 4.74 Å². The third-order valence-corrected chi connectivity index (χ3v) is 3.08. The predicted molar refractivity (Wildman–Crippen MR) is 76.5 cm³/mol. The lowest BCUT2D eigenvalue weighted by molar-refractivity contribution is 0.0698. The molecule has 0 radical (unpaired) electrons. The Bertz CT molecular complexity index is 507. The molecule has 1 aromatic rings. The van der Waals surface area contributed by atoms with E-state index >= 15 is 0 Å². The number of carboxylic acids is 1. The number of hydrogen-bond donors (Lipinski definition) is 2. The largest absolute Gasteiger partial charge is 0.478 e. The lowest BCUT2D eigenvalue weighted by atomic mass is 10.2. The fourth-order valence-electron chi connectivity index (χ4n) is 1.56. The number of nitrogens with one attached hydrogen (secondary N) is 1. The fraction of sp³-hybridized carbons (Fsp3) is 0.385. The highest BCUT2D eigenvalue weighted by molar-refractivity contribution is 6.31. The highest BCUT2D eigenvalue weighted by Gasteiger charge is 2.18. The number of urea groups is 1. The molecule has 6 nitrogen and oxygen atoms in total. The predicted octanol–water partition coefficient (Wildman–Crippen LogP) is 2.54. The molecule has 7 heteroatoms. The highest BCUT2D eigenvalue weighted by atomic mass is 35.5. The molecule has 0 heterocycles. The van der Waals surface area contributed by atoms with E-state index in [1.807, 2.05) is 6.92 Å². The SMILES string of the molecule is COCC(C)N(C)C(=O)Nc1cc(Cl)ccc1C(=O)O. The Balaban J connectivity index is 2.90. The molecular weight excluding hydrogens is 284 g/mol. The van der Waals surface area contributed by atoms with Gasteiger partial charge in [0.15, 0.2) is 0 Å². The number of ether oxygens (including phenoxy) is 1. The van der Waals surface area contributed by atoms with Crippen molar-refractivity contribution in [1.82, 2.24) is 4.90 Å². The molecule has 1 unspecified atom stereocenters. The van der Waals surface area contributed by atoms with Crippen molar-refractivity contribution >= 4 is 29.3 Å². The fourth-order valence-corrected chi connectivity index (χ4v) is 1.74. The van der Waals surface area contributed by atoms with E-state index < -0.39 is 12.0 Å². The number of carboxylic acid groups (broad SMARTS) is 1. The lowest BCUT2D eigenvalue weighted by Gasteiger charge is -2.24. The van der Waals surface area contributed by atoms with Gasteiger partial charge >= 0.3 is 12.0 Å². The van der Waals surface area contributed by atoms with Crippen LogP contribution in [0.5, 0.6) is 0 Å². The van der Waals surface area contributed by atoms with Crippen LogP contribution < -0.4 is 5.32 Å². The van der Waals surface area contributed by atoms with E-state index in [1.165, 1.54) is 23.1 Å². The molecule has 0 saturated heterocycles. The van der Waals surface area contributed by atoms with E-state index in [0.717, 1.165) is 0 Å². The number of anilines is 1. The first-order valence-corrected chi connectivity index (χ1v) is 6.30. The van der Waals surface area contributed by atoms with Crippen LogP contribution in [0.4, 0.5) is 10.5 Å². The van der Waals surface area contributed by atoms with Gasteiger partial charge in [0.1, 0.15) is 0 Å². The Kier molecular flexibility index (Phi) is 5.79. The number of aromatic carboxylic acids is 1. The average molecular weight is 301 g/mol. The van der Waals surface area contributed by atoms with Crippen molar-refractivity contribution in [2.45, 2.75) is 13.0 Å². The van der Waals surface area contributed by atoms with Gasteiger partial charge in [0.05, 0.1) is 23.9 Å².